The Kier molecular flexibility index (Phi) is 5.49. The molecule has 0 aromatic heterocycles. The third-order valence-electron chi connectivity index (χ3n) is 4.97. The van der Waals surface area contributed by atoms with Gasteiger partial charge in [-0.1, -0.05) is 24.3 Å². The largest absolute Gasteiger partial charge is 0.522 e. The molecule has 8 heteroatoms. The van der Waals surface area contributed by atoms with Crippen LogP contribution < -0.4 is 10.2 Å². The van der Waals surface area contributed by atoms with Gasteiger partial charge in [-0.25, -0.2) is 0 Å². The van der Waals surface area contributed by atoms with Crippen LogP contribution in [0.5, 0.6) is 11.5 Å². The monoisotopic (exact) mass is 394 g/mol. The first-order valence-corrected chi connectivity index (χ1v) is 8.88. The highest BCUT2D eigenvalue weighted by atomic mass is 19.4. The number of hydrogen-bond donors (Lipinski definition) is 0. The van der Waals surface area contributed by atoms with Crippen LogP contribution in [0.25, 0.3) is 0 Å². The average molecular weight is 394 g/mol. The molecule has 2 aromatic carbocycles. The quantitative estimate of drug-likeness (QED) is 0.682. The molecular weight excluding hydrogens is 372 g/mol. The van der Waals surface area contributed by atoms with Gasteiger partial charge in [-0.3, -0.25) is 4.74 Å². The lowest BCUT2D eigenvalue weighted by molar-refractivity contribution is -0.330. The van der Waals surface area contributed by atoms with Crippen molar-refractivity contribution in [3.05, 3.63) is 54.1 Å². The number of ether oxygens (including phenoxy) is 2. The topological polar surface area (TPSA) is 36.9 Å². The third kappa shape index (κ3) is 4.87. The zero-order valence-corrected chi connectivity index (χ0v) is 16.2. The summed E-state index contributed by atoms with van der Waals surface area (Å²) in [5.74, 6) is 1.11. The molecule has 1 heterocycles. The van der Waals surface area contributed by atoms with E-state index < -0.39 is 31.3 Å². The van der Waals surface area contributed by atoms with Crippen LogP contribution in [0.15, 0.2) is 48.5 Å². The van der Waals surface area contributed by atoms with E-state index in [1.807, 2.05) is 39.8 Å². The van der Waals surface area contributed by atoms with Gasteiger partial charge in [0.25, 0.3) is 0 Å². The van der Waals surface area contributed by atoms with Crippen molar-refractivity contribution in [2.24, 2.45) is 0 Å². The Hall–Kier alpha value is -2.03. The van der Waals surface area contributed by atoms with E-state index in [1.54, 1.807) is 24.3 Å². The number of benzene rings is 2. The fourth-order valence-electron chi connectivity index (χ4n) is 2.63. The Labute approximate surface area is 162 Å². The van der Waals surface area contributed by atoms with Gasteiger partial charge in [0.1, 0.15) is 11.5 Å². The van der Waals surface area contributed by atoms with E-state index in [-0.39, 0.29) is 0 Å². The minimum Gasteiger partial charge on any atom is -0.457 e. The van der Waals surface area contributed by atoms with Gasteiger partial charge in [-0.15, -0.1) is 13.2 Å². The lowest BCUT2D eigenvalue weighted by atomic mass is 9.79. The zero-order valence-electron chi connectivity index (χ0n) is 16.2. The molecule has 0 amide bonds. The molecule has 0 saturated carbocycles. The summed E-state index contributed by atoms with van der Waals surface area (Å²) in [6.07, 6.45) is -4.64. The molecule has 0 unspecified atom stereocenters. The van der Waals surface area contributed by atoms with Gasteiger partial charge in [-0.05, 0) is 63.0 Å². The highest BCUT2D eigenvalue weighted by Gasteiger charge is 2.51. The summed E-state index contributed by atoms with van der Waals surface area (Å²) in [5, 5.41) is 0. The van der Waals surface area contributed by atoms with E-state index in [0.29, 0.717) is 17.1 Å². The molecule has 1 saturated heterocycles. The lowest BCUT2D eigenvalue weighted by Gasteiger charge is -2.32. The molecule has 0 radical (unpaired) electrons. The predicted molar refractivity (Wildman–Crippen MR) is 99.5 cm³/mol. The second-order valence-electron chi connectivity index (χ2n) is 7.64. The molecule has 0 N–H and O–H groups in total. The fraction of sp³-hybridized carbons (Fsp3) is 0.400. The second-order valence-corrected chi connectivity index (χ2v) is 7.64. The summed E-state index contributed by atoms with van der Waals surface area (Å²) >= 11 is 0. The van der Waals surface area contributed by atoms with Crippen molar-refractivity contribution >= 4 is 12.6 Å². The van der Waals surface area contributed by atoms with E-state index in [0.717, 1.165) is 5.46 Å². The summed E-state index contributed by atoms with van der Waals surface area (Å²) in [7, 11) is -0.452. The van der Waals surface area contributed by atoms with Crippen LogP contribution in [0.4, 0.5) is 13.2 Å². The van der Waals surface area contributed by atoms with Crippen LogP contribution in [0, 0.1) is 0 Å². The summed E-state index contributed by atoms with van der Waals surface area (Å²) < 4.78 is 57.8. The molecule has 1 fully saturated rings. The molecule has 3 rings (SSSR count). The number of halogens is 3. The molecule has 0 atom stereocenters. The van der Waals surface area contributed by atoms with Crippen molar-refractivity contribution in [3.63, 3.8) is 0 Å². The average Bonchev–Trinajstić information content (AvgIpc) is 2.82. The maximum absolute atomic E-state index is 12.1. The minimum atomic E-state index is -4.64. The van der Waals surface area contributed by atoms with Crippen molar-refractivity contribution in [2.45, 2.75) is 51.9 Å². The smallest absolute Gasteiger partial charge is 0.457 e. The van der Waals surface area contributed by atoms with Gasteiger partial charge in [0.2, 0.25) is 0 Å². The first-order valence-electron chi connectivity index (χ1n) is 8.88. The van der Waals surface area contributed by atoms with Crippen LogP contribution in [0.2, 0.25) is 0 Å². The van der Waals surface area contributed by atoms with E-state index >= 15 is 0 Å². The van der Waals surface area contributed by atoms with Gasteiger partial charge >= 0.3 is 13.5 Å². The maximum atomic E-state index is 12.1. The minimum absolute atomic E-state index is 0.404. The zero-order chi connectivity index (χ0) is 20.6. The Morgan fingerprint density at radius 2 is 1.29 bits per heavy atom. The van der Waals surface area contributed by atoms with Crippen molar-refractivity contribution in [2.75, 3.05) is 0 Å². The Bertz CT molecular complexity index is 786. The van der Waals surface area contributed by atoms with Crippen molar-refractivity contribution in [1.29, 1.82) is 0 Å². The van der Waals surface area contributed by atoms with Crippen molar-refractivity contribution in [1.82, 2.24) is 0 Å². The molecule has 150 valence electrons. The standard InChI is InChI=1S/C20H22BF3O4/c1-18(2)19(3,4)28-21(27-18)15-7-11-17(12-8-15)26-16-9-5-14(6-10-16)13-25-20(22,23)24/h5-12H,13H2,1-4H3. The van der Waals surface area contributed by atoms with Gasteiger partial charge in [0.15, 0.2) is 0 Å². The van der Waals surface area contributed by atoms with E-state index in [2.05, 4.69) is 4.74 Å². The van der Waals surface area contributed by atoms with E-state index in [1.165, 1.54) is 12.1 Å². The Morgan fingerprint density at radius 3 is 1.75 bits per heavy atom. The molecule has 0 bridgehead atoms. The van der Waals surface area contributed by atoms with Crippen molar-refractivity contribution in [3.8, 4) is 11.5 Å². The lowest BCUT2D eigenvalue weighted by Crippen LogP contribution is -2.41. The molecular formula is C20H22BF3O4. The van der Waals surface area contributed by atoms with Gasteiger partial charge in [0, 0.05) is 0 Å². The first-order chi connectivity index (χ1) is 13.0. The third-order valence-corrected chi connectivity index (χ3v) is 4.97. The molecule has 28 heavy (non-hydrogen) atoms. The molecule has 0 aliphatic carbocycles. The van der Waals surface area contributed by atoms with E-state index in [9.17, 15) is 13.2 Å². The predicted octanol–water partition coefficient (Wildman–Crippen LogP) is 4.81. The first kappa shape index (κ1) is 20.7. The molecule has 4 nitrogen and oxygen atoms in total. The van der Waals surface area contributed by atoms with Gasteiger partial charge < -0.3 is 14.0 Å². The molecule has 1 aliphatic heterocycles. The molecule has 0 spiro atoms. The summed E-state index contributed by atoms with van der Waals surface area (Å²) in [6.45, 7) is 7.44. The van der Waals surface area contributed by atoms with Gasteiger partial charge in [-0.2, -0.15) is 0 Å². The summed E-state index contributed by atoms with van der Waals surface area (Å²) in [6, 6.07) is 13.6. The maximum Gasteiger partial charge on any atom is 0.522 e. The summed E-state index contributed by atoms with van der Waals surface area (Å²) in [5.41, 5.74) is 0.459. The van der Waals surface area contributed by atoms with Crippen LogP contribution in [0.1, 0.15) is 33.3 Å². The van der Waals surface area contributed by atoms with E-state index in [4.69, 9.17) is 14.0 Å². The van der Waals surface area contributed by atoms with Gasteiger partial charge in [0.05, 0.1) is 17.8 Å². The molecule has 1 aliphatic rings. The number of rotatable bonds is 5. The highest BCUT2D eigenvalue weighted by molar-refractivity contribution is 6.62. The van der Waals surface area contributed by atoms with Crippen LogP contribution in [0.3, 0.4) is 0 Å². The SMILES string of the molecule is CC1(C)OB(c2ccc(Oc3ccc(COC(F)(F)F)cc3)cc2)OC1(C)C. The second kappa shape index (κ2) is 7.42. The Morgan fingerprint density at radius 1 is 0.821 bits per heavy atom. The van der Waals surface area contributed by atoms with Crippen LogP contribution >= 0.6 is 0 Å². The van der Waals surface area contributed by atoms with Crippen molar-refractivity contribution < 1.29 is 32.0 Å². The number of alkyl halides is 3. The summed E-state index contributed by atoms with van der Waals surface area (Å²) in [4.78, 5) is 0. The number of hydrogen-bond acceptors (Lipinski definition) is 4. The van der Waals surface area contributed by atoms with Crippen LogP contribution in [-0.2, 0) is 20.7 Å². The van der Waals surface area contributed by atoms with Crippen LogP contribution in [-0.4, -0.2) is 24.7 Å². The fourth-order valence-corrected chi connectivity index (χ4v) is 2.63. The normalized spacial score (nSPS) is 18.3. The Balaban J connectivity index is 1.60. The highest BCUT2D eigenvalue weighted by Crippen LogP contribution is 2.36. The molecule has 2 aromatic rings.